The van der Waals surface area contributed by atoms with Crippen molar-refractivity contribution in [2.75, 3.05) is 0 Å². The Morgan fingerprint density at radius 1 is 1.10 bits per heavy atom. The van der Waals surface area contributed by atoms with E-state index in [-0.39, 0.29) is 5.54 Å². The first-order chi connectivity index (χ1) is 9.35. The fourth-order valence-electron chi connectivity index (χ4n) is 1.90. The summed E-state index contributed by atoms with van der Waals surface area (Å²) in [5.74, 6) is 0.980. The van der Waals surface area contributed by atoms with Gasteiger partial charge >= 0.3 is 0 Å². The lowest BCUT2D eigenvalue weighted by Crippen LogP contribution is -2.35. The molecule has 20 heavy (non-hydrogen) atoms. The second kappa shape index (κ2) is 6.06. The van der Waals surface area contributed by atoms with E-state index in [1.54, 1.807) is 18.0 Å². The molecule has 0 radical (unpaired) electrons. The summed E-state index contributed by atoms with van der Waals surface area (Å²) in [5, 5.41) is 3.52. The van der Waals surface area contributed by atoms with E-state index >= 15 is 0 Å². The first kappa shape index (κ1) is 15.2. The highest BCUT2D eigenvalue weighted by atomic mass is 32.2. The van der Waals surface area contributed by atoms with Crippen LogP contribution in [0.4, 0.5) is 0 Å². The average Bonchev–Trinajstić information content (AvgIpc) is 2.75. The number of benzene rings is 1. The molecule has 2 nitrogen and oxygen atoms in total. The van der Waals surface area contributed by atoms with Crippen LogP contribution >= 0.6 is 11.8 Å². The molecular weight excluding hydrogens is 266 g/mol. The molecule has 2 aromatic rings. The molecule has 2 rings (SSSR count). The van der Waals surface area contributed by atoms with E-state index in [9.17, 15) is 0 Å². The highest BCUT2D eigenvalue weighted by Crippen LogP contribution is 2.33. The van der Waals surface area contributed by atoms with Gasteiger partial charge in [-0.25, -0.2) is 0 Å². The van der Waals surface area contributed by atoms with Crippen molar-refractivity contribution in [2.24, 2.45) is 0 Å². The highest BCUT2D eigenvalue weighted by molar-refractivity contribution is 7.99. The van der Waals surface area contributed by atoms with E-state index in [2.05, 4.69) is 51.2 Å². The summed E-state index contributed by atoms with van der Waals surface area (Å²) < 4.78 is 5.35. The Labute approximate surface area is 126 Å². The second-order valence-corrected chi connectivity index (χ2v) is 7.23. The summed E-state index contributed by atoms with van der Waals surface area (Å²) in [6.07, 6.45) is 1.74. The van der Waals surface area contributed by atoms with Gasteiger partial charge in [-0.3, -0.25) is 0 Å². The summed E-state index contributed by atoms with van der Waals surface area (Å²) in [7, 11) is 0. The molecule has 0 unspecified atom stereocenters. The van der Waals surface area contributed by atoms with Crippen LogP contribution in [-0.4, -0.2) is 5.54 Å². The zero-order chi connectivity index (χ0) is 14.8. The van der Waals surface area contributed by atoms with Crippen LogP contribution in [0.2, 0.25) is 0 Å². The van der Waals surface area contributed by atoms with Gasteiger partial charge in [0, 0.05) is 17.0 Å². The van der Waals surface area contributed by atoms with Crippen molar-refractivity contribution in [3.05, 3.63) is 47.4 Å². The van der Waals surface area contributed by atoms with E-state index in [0.717, 1.165) is 12.3 Å². The Bertz CT molecular complexity index is 581. The number of furan rings is 1. The molecule has 1 aromatic carbocycles. The predicted octanol–water partition coefficient (Wildman–Crippen LogP) is 4.94. The van der Waals surface area contributed by atoms with Crippen LogP contribution in [0, 0.1) is 13.8 Å². The van der Waals surface area contributed by atoms with Gasteiger partial charge in [0.2, 0.25) is 0 Å². The third-order valence-electron chi connectivity index (χ3n) is 3.09. The van der Waals surface area contributed by atoms with E-state index in [1.165, 1.54) is 20.9 Å². The van der Waals surface area contributed by atoms with Crippen LogP contribution in [0.1, 0.15) is 37.7 Å². The molecule has 0 amide bonds. The number of hydrogen-bond donors (Lipinski definition) is 1. The molecule has 1 N–H and O–H groups in total. The summed E-state index contributed by atoms with van der Waals surface area (Å²) in [6.45, 7) is 11.6. The lowest BCUT2D eigenvalue weighted by atomic mass is 10.1. The zero-order valence-corrected chi connectivity index (χ0v) is 13.7. The SMILES string of the molecule is Cc1cc(CNC(C)(C)C)ccc1Sc1ccoc1C. The van der Waals surface area contributed by atoms with Crippen molar-refractivity contribution >= 4 is 11.8 Å². The molecule has 0 atom stereocenters. The first-order valence-corrected chi connectivity index (χ1v) is 7.73. The molecule has 0 bridgehead atoms. The second-order valence-electron chi connectivity index (χ2n) is 6.15. The van der Waals surface area contributed by atoms with Gasteiger partial charge in [0.15, 0.2) is 0 Å². The average molecular weight is 289 g/mol. The molecule has 0 fully saturated rings. The van der Waals surface area contributed by atoms with E-state index in [1.807, 2.05) is 13.0 Å². The Morgan fingerprint density at radius 3 is 2.40 bits per heavy atom. The Kier molecular flexibility index (Phi) is 4.61. The first-order valence-electron chi connectivity index (χ1n) is 6.92. The van der Waals surface area contributed by atoms with Crippen molar-refractivity contribution in [1.29, 1.82) is 0 Å². The molecule has 0 saturated heterocycles. The zero-order valence-electron chi connectivity index (χ0n) is 12.9. The van der Waals surface area contributed by atoms with Crippen LogP contribution in [0.3, 0.4) is 0 Å². The van der Waals surface area contributed by atoms with E-state index < -0.39 is 0 Å². The predicted molar refractivity (Wildman–Crippen MR) is 85.3 cm³/mol. The van der Waals surface area contributed by atoms with Gasteiger partial charge in [-0.05, 0) is 57.9 Å². The summed E-state index contributed by atoms with van der Waals surface area (Å²) in [5.41, 5.74) is 2.78. The quantitative estimate of drug-likeness (QED) is 0.863. The van der Waals surface area contributed by atoms with Gasteiger partial charge in [0.25, 0.3) is 0 Å². The molecule has 1 aromatic heterocycles. The molecule has 0 aliphatic carbocycles. The lowest BCUT2D eigenvalue weighted by Gasteiger charge is -2.21. The minimum absolute atomic E-state index is 0.148. The van der Waals surface area contributed by atoms with Crippen LogP contribution in [0.15, 0.2) is 44.7 Å². The minimum atomic E-state index is 0.148. The summed E-state index contributed by atoms with van der Waals surface area (Å²) >= 11 is 1.77. The van der Waals surface area contributed by atoms with Gasteiger partial charge in [0.05, 0.1) is 11.2 Å². The number of rotatable bonds is 4. The lowest BCUT2D eigenvalue weighted by molar-refractivity contribution is 0.424. The maximum atomic E-state index is 5.35. The normalized spacial score (nSPS) is 11.8. The summed E-state index contributed by atoms with van der Waals surface area (Å²) in [4.78, 5) is 2.47. The Morgan fingerprint density at radius 2 is 1.85 bits per heavy atom. The third-order valence-corrected chi connectivity index (χ3v) is 4.41. The topological polar surface area (TPSA) is 25.2 Å². The molecule has 108 valence electrons. The fraction of sp³-hybridized carbons (Fsp3) is 0.412. The number of nitrogens with one attached hydrogen (secondary N) is 1. The van der Waals surface area contributed by atoms with Gasteiger partial charge in [0.1, 0.15) is 5.76 Å². The van der Waals surface area contributed by atoms with Gasteiger partial charge < -0.3 is 9.73 Å². The maximum Gasteiger partial charge on any atom is 0.114 e. The van der Waals surface area contributed by atoms with Gasteiger partial charge in [-0.2, -0.15) is 0 Å². The van der Waals surface area contributed by atoms with E-state index in [4.69, 9.17) is 4.42 Å². The third kappa shape index (κ3) is 4.15. The molecule has 0 aliphatic rings. The molecular formula is C17H23NOS. The molecule has 0 saturated carbocycles. The largest absolute Gasteiger partial charge is 0.468 e. The van der Waals surface area contributed by atoms with Crippen molar-refractivity contribution in [1.82, 2.24) is 5.32 Å². The minimum Gasteiger partial charge on any atom is -0.468 e. The fourth-order valence-corrected chi connectivity index (χ4v) is 2.81. The molecule has 3 heteroatoms. The van der Waals surface area contributed by atoms with Crippen molar-refractivity contribution < 1.29 is 4.42 Å². The Balaban J connectivity index is 2.08. The number of hydrogen-bond acceptors (Lipinski definition) is 3. The molecule has 0 spiro atoms. The molecule has 1 heterocycles. The Hall–Kier alpha value is -1.19. The standard InChI is InChI=1S/C17H23NOS/c1-12-10-14(11-18-17(3,4)5)6-7-15(12)20-16-8-9-19-13(16)2/h6-10,18H,11H2,1-5H3. The van der Waals surface area contributed by atoms with Crippen molar-refractivity contribution in [3.63, 3.8) is 0 Å². The smallest absolute Gasteiger partial charge is 0.114 e. The van der Waals surface area contributed by atoms with Crippen molar-refractivity contribution in [3.8, 4) is 0 Å². The maximum absolute atomic E-state index is 5.35. The highest BCUT2D eigenvalue weighted by Gasteiger charge is 2.10. The van der Waals surface area contributed by atoms with Crippen molar-refractivity contribution in [2.45, 2.75) is 56.5 Å². The van der Waals surface area contributed by atoms with E-state index in [0.29, 0.717) is 0 Å². The van der Waals surface area contributed by atoms with Crippen LogP contribution < -0.4 is 5.32 Å². The monoisotopic (exact) mass is 289 g/mol. The number of aryl methyl sites for hydroxylation is 2. The van der Waals surface area contributed by atoms with Gasteiger partial charge in [-0.15, -0.1) is 0 Å². The van der Waals surface area contributed by atoms with Crippen LogP contribution in [0.5, 0.6) is 0 Å². The van der Waals surface area contributed by atoms with Crippen LogP contribution in [0.25, 0.3) is 0 Å². The van der Waals surface area contributed by atoms with Crippen LogP contribution in [-0.2, 0) is 6.54 Å². The summed E-state index contributed by atoms with van der Waals surface area (Å²) in [6, 6.07) is 8.68. The van der Waals surface area contributed by atoms with Gasteiger partial charge in [-0.1, -0.05) is 23.9 Å². The molecule has 0 aliphatic heterocycles.